The van der Waals surface area contributed by atoms with Gasteiger partial charge < -0.3 is 9.63 Å². The Balaban J connectivity index is 2.06. The van der Waals surface area contributed by atoms with Gasteiger partial charge in [0, 0.05) is 0 Å². The molecule has 0 aliphatic carbocycles. The van der Waals surface area contributed by atoms with Gasteiger partial charge in [-0.3, -0.25) is 9.69 Å². The van der Waals surface area contributed by atoms with Gasteiger partial charge in [-0.25, -0.2) is 0 Å². The SMILES string of the molecule is C#CCN(CC(=O)O)Cc1nc(-c2cccs2)no1. The Hall–Kier alpha value is -2.17. The fourth-order valence-corrected chi connectivity index (χ4v) is 2.15. The van der Waals surface area contributed by atoms with Crippen LogP contribution in [0.5, 0.6) is 0 Å². The van der Waals surface area contributed by atoms with Crippen LogP contribution in [-0.4, -0.2) is 39.2 Å². The van der Waals surface area contributed by atoms with Crippen LogP contribution >= 0.6 is 11.3 Å². The number of carboxylic acid groups (broad SMARTS) is 1. The van der Waals surface area contributed by atoms with E-state index in [1.54, 1.807) is 0 Å². The molecule has 0 spiro atoms. The standard InChI is InChI=1S/C12H11N3O3S/c1-2-5-15(8-11(16)17)7-10-13-12(14-18-10)9-4-3-6-19-9/h1,3-4,6H,5,7-8H2,(H,16,17). The minimum atomic E-state index is -0.951. The predicted octanol–water partition coefficient (Wildman–Crippen LogP) is 1.32. The van der Waals surface area contributed by atoms with Crippen molar-refractivity contribution >= 4 is 17.3 Å². The Labute approximate surface area is 113 Å². The molecule has 98 valence electrons. The van der Waals surface area contributed by atoms with E-state index in [1.807, 2.05) is 17.5 Å². The average Bonchev–Trinajstić information content (AvgIpc) is 2.97. The fourth-order valence-electron chi connectivity index (χ4n) is 1.50. The summed E-state index contributed by atoms with van der Waals surface area (Å²) in [6.07, 6.45) is 5.19. The lowest BCUT2D eigenvalue weighted by molar-refractivity contribution is -0.138. The normalized spacial score (nSPS) is 10.5. The summed E-state index contributed by atoms with van der Waals surface area (Å²) in [6.45, 7) is 0.263. The molecular formula is C12H11N3O3S. The van der Waals surface area contributed by atoms with Crippen LogP contribution in [0.25, 0.3) is 10.7 Å². The van der Waals surface area contributed by atoms with Crippen molar-refractivity contribution in [3.63, 3.8) is 0 Å². The molecule has 0 unspecified atom stereocenters. The second-order valence-corrected chi connectivity index (χ2v) is 4.68. The summed E-state index contributed by atoms with van der Waals surface area (Å²) in [5.41, 5.74) is 0. The fraction of sp³-hybridized carbons (Fsp3) is 0.250. The molecule has 0 amide bonds. The molecule has 2 rings (SSSR count). The summed E-state index contributed by atoms with van der Waals surface area (Å²) in [6, 6.07) is 3.78. The van der Waals surface area contributed by atoms with Crippen molar-refractivity contribution in [2.24, 2.45) is 0 Å². The molecule has 0 saturated heterocycles. The van der Waals surface area contributed by atoms with Crippen LogP contribution in [0.15, 0.2) is 22.0 Å². The number of hydrogen-bond donors (Lipinski definition) is 1. The smallest absolute Gasteiger partial charge is 0.317 e. The monoisotopic (exact) mass is 277 g/mol. The number of nitrogens with zero attached hydrogens (tertiary/aromatic N) is 3. The Morgan fingerprint density at radius 2 is 2.47 bits per heavy atom. The van der Waals surface area contributed by atoms with Crippen molar-refractivity contribution in [2.45, 2.75) is 6.54 Å². The Morgan fingerprint density at radius 3 is 3.11 bits per heavy atom. The lowest BCUT2D eigenvalue weighted by Gasteiger charge is -2.13. The lowest BCUT2D eigenvalue weighted by atomic mass is 10.4. The summed E-state index contributed by atoms with van der Waals surface area (Å²) in [5, 5.41) is 14.5. The van der Waals surface area contributed by atoms with Crippen LogP contribution in [0.2, 0.25) is 0 Å². The minimum Gasteiger partial charge on any atom is -0.480 e. The zero-order valence-electron chi connectivity index (χ0n) is 9.94. The highest BCUT2D eigenvalue weighted by Crippen LogP contribution is 2.21. The molecule has 6 nitrogen and oxygen atoms in total. The van der Waals surface area contributed by atoms with Gasteiger partial charge in [0.25, 0.3) is 0 Å². The van der Waals surface area contributed by atoms with Gasteiger partial charge in [0.05, 0.1) is 24.5 Å². The number of carboxylic acids is 1. The predicted molar refractivity (Wildman–Crippen MR) is 69.4 cm³/mol. The first kappa shape index (κ1) is 13.3. The number of terminal acetylenes is 1. The number of aromatic nitrogens is 2. The molecule has 2 aromatic heterocycles. The highest BCUT2D eigenvalue weighted by atomic mass is 32.1. The molecule has 0 atom stereocenters. The van der Waals surface area contributed by atoms with Gasteiger partial charge in [0.15, 0.2) is 0 Å². The Bertz CT molecular complexity index is 586. The van der Waals surface area contributed by atoms with Crippen molar-refractivity contribution in [3.8, 4) is 23.0 Å². The van der Waals surface area contributed by atoms with E-state index in [0.717, 1.165) is 4.88 Å². The minimum absolute atomic E-state index is 0.166. The topological polar surface area (TPSA) is 79.5 Å². The van der Waals surface area contributed by atoms with Crippen LogP contribution in [0.1, 0.15) is 5.89 Å². The van der Waals surface area contributed by atoms with E-state index < -0.39 is 5.97 Å². The molecule has 0 aliphatic heterocycles. The van der Waals surface area contributed by atoms with Crippen molar-refractivity contribution in [1.29, 1.82) is 0 Å². The molecule has 2 aromatic rings. The third-order valence-corrected chi connectivity index (χ3v) is 3.11. The third-order valence-electron chi connectivity index (χ3n) is 2.24. The first-order valence-electron chi connectivity index (χ1n) is 5.43. The molecule has 0 saturated carbocycles. The molecule has 0 fully saturated rings. The molecule has 1 N–H and O–H groups in total. The number of carbonyl (C=O) groups is 1. The highest BCUT2D eigenvalue weighted by Gasteiger charge is 2.15. The van der Waals surface area contributed by atoms with Gasteiger partial charge >= 0.3 is 5.97 Å². The quantitative estimate of drug-likeness (QED) is 0.802. The first-order valence-corrected chi connectivity index (χ1v) is 6.31. The van der Waals surface area contributed by atoms with Crippen molar-refractivity contribution in [3.05, 3.63) is 23.4 Å². The van der Waals surface area contributed by atoms with Crippen LogP contribution in [0.4, 0.5) is 0 Å². The largest absolute Gasteiger partial charge is 0.480 e. The highest BCUT2D eigenvalue weighted by molar-refractivity contribution is 7.13. The number of thiophene rings is 1. The first-order chi connectivity index (χ1) is 9.19. The third kappa shape index (κ3) is 3.64. The summed E-state index contributed by atoms with van der Waals surface area (Å²) in [7, 11) is 0. The Kier molecular flexibility index (Phi) is 4.28. The maximum Gasteiger partial charge on any atom is 0.317 e. The summed E-state index contributed by atoms with van der Waals surface area (Å²) < 4.78 is 5.09. The zero-order valence-corrected chi connectivity index (χ0v) is 10.8. The van der Waals surface area contributed by atoms with Gasteiger partial charge in [0.1, 0.15) is 0 Å². The van der Waals surface area contributed by atoms with E-state index in [0.29, 0.717) is 11.7 Å². The summed E-state index contributed by atoms with van der Waals surface area (Å²) in [4.78, 5) is 17.3. The van der Waals surface area contributed by atoms with E-state index >= 15 is 0 Å². The van der Waals surface area contributed by atoms with E-state index in [1.165, 1.54) is 16.2 Å². The van der Waals surface area contributed by atoms with Gasteiger partial charge in [0.2, 0.25) is 11.7 Å². The molecule has 7 heteroatoms. The number of aliphatic carboxylic acids is 1. The molecule has 2 heterocycles. The van der Waals surface area contributed by atoms with Crippen LogP contribution in [0, 0.1) is 12.3 Å². The van der Waals surface area contributed by atoms with Crippen molar-refractivity contribution in [2.75, 3.05) is 13.1 Å². The second kappa shape index (κ2) is 6.13. The molecule has 0 aromatic carbocycles. The summed E-state index contributed by atoms with van der Waals surface area (Å²) >= 11 is 1.50. The van der Waals surface area contributed by atoms with Gasteiger partial charge in [-0.05, 0) is 11.4 Å². The molecule has 0 bridgehead atoms. The van der Waals surface area contributed by atoms with E-state index in [2.05, 4.69) is 16.1 Å². The van der Waals surface area contributed by atoms with Gasteiger partial charge in [-0.15, -0.1) is 17.8 Å². The van der Waals surface area contributed by atoms with Crippen LogP contribution in [-0.2, 0) is 11.3 Å². The Morgan fingerprint density at radius 1 is 1.63 bits per heavy atom. The van der Waals surface area contributed by atoms with E-state index in [9.17, 15) is 4.79 Å². The lowest BCUT2D eigenvalue weighted by Crippen LogP contribution is -2.29. The van der Waals surface area contributed by atoms with Gasteiger partial charge in [-0.2, -0.15) is 4.98 Å². The molecule has 0 radical (unpaired) electrons. The number of rotatable bonds is 6. The molecule has 19 heavy (non-hydrogen) atoms. The zero-order chi connectivity index (χ0) is 13.7. The van der Waals surface area contributed by atoms with Crippen LogP contribution in [0.3, 0.4) is 0 Å². The van der Waals surface area contributed by atoms with Crippen LogP contribution < -0.4 is 0 Å². The van der Waals surface area contributed by atoms with Crippen molar-refractivity contribution in [1.82, 2.24) is 15.0 Å². The summed E-state index contributed by atoms with van der Waals surface area (Å²) in [5.74, 6) is 2.30. The average molecular weight is 277 g/mol. The van der Waals surface area contributed by atoms with E-state index in [4.69, 9.17) is 16.1 Å². The molecule has 0 aliphatic rings. The van der Waals surface area contributed by atoms with E-state index in [-0.39, 0.29) is 19.6 Å². The maximum absolute atomic E-state index is 10.7. The number of hydrogen-bond acceptors (Lipinski definition) is 6. The molecular weight excluding hydrogens is 266 g/mol. The maximum atomic E-state index is 10.7. The second-order valence-electron chi connectivity index (χ2n) is 3.73. The van der Waals surface area contributed by atoms with Gasteiger partial charge in [-0.1, -0.05) is 17.1 Å². The van der Waals surface area contributed by atoms with Crippen molar-refractivity contribution < 1.29 is 14.4 Å².